The van der Waals surface area contributed by atoms with Crippen LogP contribution in [0.25, 0.3) is 0 Å². The molecule has 0 fully saturated rings. The molecule has 0 aliphatic carbocycles. The molecule has 0 saturated carbocycles. The number of carbonyl (C=O) groups is 2. The predicted octanol–water partition coefficient (Wildman–Crippen LogP) is 2.47. The molecular weight excluding hydrogens is 378 g/mol. The van der Waals surface area contributed by atoms with E-state index in [1.165, 1.54) is 5.56 Å². The number of amides is 2. The summed E-state index contributed by atoms with van der Waals surface area (Å²) in [5.74, 6) is -0.303. The molecule has 0 aliphatic rings. The van der Waals surface area contributed by atoms with Crippen LogP contribution in [0.3, 0.4) is 0 Å². The van der Waals surface area contributed by atoms with Crippen molar-refractivity contribution in [2.24, 2.45) is 5.73 Å². The van der Waals surface area contributed by atoms with E-state index in [2.05, 4.69) is 17.4 Å². The van der Waals surface area contributed by atoms with Crippen LogP contribution in [-0.2, 0) is 22.4 Å². The number of rotatable bonds is 9. The van der Waals surface area contributed by atoms with Gasteiger partial charge in [0.05, 0.1) is 6.04 Å². The van der Waals surface area contributed by atoms with Gasteiger partial charge in [0, 0.05) is 13.6 Å². The Bertz CT molecular complexity index is 844. The Morgan fingerprint density at radius 1 is 1.13 bits per heavy atom. The van der Waals surface area contributed by atoms with Gasteiger partial charge in [0.25, 0.3) is 0 Å². The number of aryl methyl sites for hydroxylation is 3. The Kier molecular flexibility index (Phi) is 8.42. The molecule has 30 heavy (non-hydrogen) atoms. The highest BCUT2D eigenvalue weighted by Crippen LogP contribution is 2.21. The molecule has 6 nitrogen and oxygen atoms in total. The van der Waals surface area contributed by atoms with Crippen LogP contribution in [0.1, 0.15) is 35.6 Å². The summed E-state index contributed by atoms with van der Waals surface area (Å²) in [6.07, 6.45) is 2.10. The van der Waals surface area contributed by atoms with Crippen molar-refractivity contribution in [2.45, 2.75) is 52.1 Å². The highest BCUT2D eigenvalue weighted by Gasteiger charge is 2.23. The third-order valence-corrected chi connectivity index (χ3v) is 5.35. The molecule has 162 valence electrons. The minimum atomic E-state index is -0.773. The van der Waals surface area contributed by atoms with Gasteiger partial charge >= 0.3 is 0 Å². The van der Waals surface area contributed by atoms with E-state index < -0.39 is 12.1 Å². The summed E-state index contributed by atoms with van der Waals surface area (Å²) in [5, 5.41) is 12.4. The molecule has 2 aromatic rings. The normalized spacial score (nSPS) is 12.8. The van der Waals surface area contributed by atoms with E-state index in [9.17, 15) is 14.7 Å². The van der Waals surface area contributed by atoms with Gasteiger partial charge in [-0.05, 0) is 74.4 Å². The second-order valence-corrected chi connectivity index (χ2v) is 7.95. The molecule has 2 atom stereocenters. The van der Waals surface area contributed by atoms with Crippen molar-refractivity contribution in [1.82, 2.24) is 10.2 Å². The van der Waals surface area contributed by atoms with Gasteiger partial charge < -0.3 is 21.1 Å². The number of hydrogen-bond acceptors (Lipinski definition) is 4. The van der Waals surface area contributed by atoms with Crippen molar-refractivity contribution in [2.75, 3.05) is 13.6 Å². The minimum absolute atomic E-state index is 0.138. The molecule has 4 N–H and O–H groups in total. The van der Waals surface area contributed by atoms with E-state index in [-0.39, 0.29) is 17.6 Å². The van der Waals surface area contributed by atoms with E-state index in [1.807, 2.05) is 32.0 Å². The number of nitrogens with zero attached hydrogens (tertiary/aromatic N) is 1. The monoisotopic (exact) mass is 411 g/mol. The van der Waals surface area contributed by atoms with Crippen molar-refractivity contribution in [3.05, 3.63) is 64.7 Å². The third-order valence-electron chi connectivity index (χ3n) is 5.35. The number of hydrogen-bond donors (Lipinski definition) is 3. The maximum atomic E-state index is 12.6. The largest absolute Gasteiger partial charge is 0.508 e. The summed E-state index contributed by atoms with van der Waals surface area (Å²) in [7, 11) is 1.75. The number of phenols is 1. The number of benzene rings is 2. The Morgan fingerprint density at radius 3 is 2.33 bits per heavy atom. The molecule has 2 amide bonds. The van der Waals surface area contributed by atoms with Crippen LogP contribution in [0.5, 0.6) is 5.75 Å². The minimum Gasteiger partial charge on any atom is -0.508 e. The third kappa shape index (κ3) is 6.59. The topological polar surface area (TPSA) is 95.7 Å². The first kappa shape index (κ1) is 23.4. The van der Waals surface area contributed by atoms with Crippen LogP contribution in [0.15, 0.2) is 42.5 Å². The van der Waals surface area contributed by atoms with E-state index in [1.54, 1.807) is 31.0 Å². The van der Waals surface area contributed by atoms with Gasteiger partial charge in [-0.1, -0.05) is 30.3 Å². The Morgan fingerprint density at radius 2 is 1.73 bits per heavy atom. The molecule has 2 rings (SSSR count). The van der Waals surface area contributed by atoms with Crippen molar-refractivity contribution in [1.29, 1.82) is 0 Å². The molecule has 6 heteroatoms. The lowest BCUT2D eigenvalue weighted by Gasteiger charge is -2.23. The molecule has 0 unspecified atom stereocenters. The lowest BCUT2D eigenvalue weighted by molar-refractivity contribution is -0.135. The zero-order chi connectivity index (χ0) is 22.3. The van der Waals surface area contributed by atoms with Crippen molar-refractivity contribution >= 4 is 11.8 Å². The van der Waals surface area contributed by atoms with E-state index in [0.29, 0.717) is 13.0 Å². The number of aromatic hydroxyl groups is 1. The molecule has 0 aromatic heterocycles. The number of nitrogens with two attached hydrogens (primary N) is 1. The van der Waals surface area contributed by atoms with Crippen LogP contribution in [0, 0.1) is 13.8 Å². The summed E-state index contributed by atoms with van der Waals surface area (Å²) in [4.78, 5) is 26.8. The van der Waals surface area contributed by atoms with Crippen molar-refractivity contribution < 1.29 is 14.7 Å². The molecule has 0 bridgehead atoms. The van der Waals surface area contributed by atoms with Gasteiger partial charge in [-0.15, -0.1) is 0 Å². The first-order valence-corrected chi connectivity index (χ1v) is 10.3. The molecule has 0 heterocycles. The summed E-state index contributed by atoms with van der Waals surface area (Å²) < 4.78 is 0. The van der Waals surface area contributed by atoms with Crippen LogP contribution in [-0.4, -0.2) is 47.5 Å². The number of phenolic OH excluding ortho intramolecular Hbond substituents is 1. The fourth-order valence-electron chi connectivity index (χ4n) is 3.59. The highest BCUT2D eigenvalue weighted by molar-refractivity contribution is 5.89. The molecular formula is C24H33N3O3. The average Bonchev–Trinajstić information content (AvgIpc) is 2.70. The highest BCUT2D eigenvalue weighted by atomic mass is 16.3. The van der Waals surface area contributed by atoms with Gasteiger partial charge in [-0.2, -0.15) is 0 Å². The van der Waals surface area contributed by atoms with Gasteiger partial charge in [0.1, 0.15) is 11.8 Å². The number of carbonyl (C=O) groups excluding carboxylic acids is 2. The van der Waals surface area contributed by atoms with Crippen LogP contribution < -0.4 is 11.1 Å². The van der Waals surface area contributed by atoms with E-state index in [0.717, 1.165) is 29.5 Å². The SMILES string of the molecule is Cc1cc(O)cc(C)c1C[C@@H](N)C(=O)N[C@H](C)C(=O)N(C)CCCc1ccccc1. The first-order chi connectivity index (χ1) is 14.2. The zero-order valence-electron chi connectivity index (χ0n) is 18.3. The molecule has 0 aliphatic heterocycles. The van der Waals surface area contributed by atoms with Gasteiger partial charge in [0.2, 0.25) is 11.8 Å². The smallest absolute Gasteiger partial charge is 0.244 e. The molecule has 2 aromatic carbocycles. The van der Waals surface area contributed by atoms with E-state index >= 15 is 0 Å². The van der Waals surface area contributed by atoms with E-state index in [4.69, 9.17) is 5.73 Å². The Balaban J connectivity index is 1.84. The second-order valence-electron chi connectivity index (χ2n) is 7.95. The van der Waals surface area contributed by atoms with Crippen LogP contribution >= 0.6 is 0 Å². The van der Waals surface area contributed by atoms with Crippen LogP contribution in [0.4, 0.5) is 0 Å². The first-order valence-electron chi connectivity index (χ1n) is 10.3. The Labute approximate surface area is 179 Å². The fraction of sp³-hybridized carbons (Fsp3) is 0.417. The van der Waals surface area contributed by atoms with Crippen molar-refractivity contribution in [3.8, 4) is 5.75 Å². The maximum absolute atomic E-state index is 12.6. The maximum Gasteiger partial charge on any atom is 0.244 e. The fourth-order valence-corrected chi connectivity index (χ4v) is 3.59. The van der Waals surface area contributed by atoms with Gasteiger partial charge in [0.15, 0.2) is 0 Å². The second kappa shape index (κ2) is 10.8. The van der Waals surface area contributed by atoms with Gasteiger partial charge in [-0.25, -0.2) is 0 Å². The summed E-state index contributed by atoms with van der Waals surface area (Å²) in [5.41, 5.74) is 10.0. The van der Waals surface area contributed by atoms with Crippen molar-refractivity contribution in [3.63, 3.8) is 0 Å². The number of nitrogens with one attached hydrogen (secondary N) is 1. The lowest BCUT2D eigenvalue weighted by atomic mass is 9.96. The number of likely N-dealkylation sites (N-methyl/N-ethyl adjacent to an activating group) is 1. The predicted molar refractivity (Wildman–Crippen MR) is 119 cm³/mol. The standard InChI is InChI=1S/C24H33N3O3/c1-16-13-20(28)14-17(2)21(16)15-22(25)23(29)26-18(3)24(30)27(4)12-8-11-19-9-6-5-7-10-19/h5-7,9-10,13-14,18,22,28H,8,11-12,15,25H2,1-4H3,(H,26,29)/t18-,22-/m1/s1. The quantitative estimate of drug-likeness (QED) is 0.591. The molecule has 0 saturated heterocycles. The van der Waals surface area contributed by atoms with Crippen LogP contribution in [0.2, 0.25) is 0 Å². The van der Waals surface area contributed by atoms with Gasteiger partial charge in [-0.3, -0.25) is 9.59 Å². The summed E-state index contributed by atoms with van der Waals surface area (Å²) in [6, 6.07) is 12.0. The Hall–Kier alpha value is -2.86. The molecule has 0 spiro atoms. The molecule has 0 radical (unpaired) electrons. The summed E-state index contributed by atoms with van der Waals surface area (Å²) in [6.45, 7) is 6.05. The average molecular weight is 412 g/mol. The lowest BCUT2D eigenvalue weighted by Crippen LogP contribution is -2.51. The summed E-state index contributed by atoms with van der Waals surface area (Å²) >= 11 is 0. The zero-order valence-corrected chi connectivity index (χ0v) is 18.3.